The van der Waals surface area contributed by atoms with E-state index < -0.39 is 0 Å². The van der Waals surface area contributed by atoms with Crippen LogP contribution in [0.25, 0.3) is 0 Å². The van der Waals surface area contributed by atoms with Crippen LogP contribution in [-0.4, -0.2) is 18.4 Å². The van der Waals surface area contributed by atoms with Gasteiger partial charge in [0.15, 0.2) is 0 Å². The Bertz CT molecular complexity index is 857. The molecule has 0 bridgehead atoms. The smallest absolute Gasteiger partial charge is 0.230 e. The first kappa shape index (κ1) is 17.7. The monoisotopic (exact) mass is 366 g/mol. The predicted octanol–water partition coefficient (Wildman–Crippen LogP) is 4.09. The quantitative estimate of drug-likeness (QED) is 0.886. The van der Waals surface area contributed by atoms with E-state index in [0.29, 0.717) is 5.69 Å². The first-order valence-electron chi connectivity index (χ1n) is 9.59. The number of carbonyl (C=O) groups excluding carboxylic acids is 2. The fourth-order valence-corrected chi connectivity index (χ4v) is 4.07. The zero-order chi connectivity index (χ0) is 18.8. The maximum absolute atomic E-state index is 13.0. The van der Waals surface area contributed by atoms with E-state index in [-0.39, 0.29) is 30.0 Å². The molecule has 0 spiro atoms. The lowest BCUT2D eigenvalue weighted by atomic mass is 10.1. The molecule has 1 aliphatic carbocycles. The van der Waals surface area contributed by atoms with Crippen molar-refractivity contribution >= 4 is 23.2 Å². The lowest BCUT2D eigenvalue weighted by molar-refractivity contribution is -0.122. The first-order chi connectivity index (χ1) is 13.1. The number of nitrogens with one attached hydrogen (secondary N) is 1. The molecule has 0 aromatic heterocycles. The van der Waals surface area contributed by atoms with Gasteiger partial charge in [0.2, 0.25) is 11.8 Å². The van der Waals surface area contributed by atoms with Gasteiger partial charge in [-0.25, -0.2) is 4.39 Å². The second-order valence-electron chi connectivity index (χ2n) is 7.42. The molecule has 0 atom stereocenters. The fourth-order valence-electron chi connectivity index (χ4n) is 4.07. The highest BCUT2D eigenvalue weighted by Gasteiger charge is 2.31. The Morgan fingerprint density at radius 1 is 1.07 bits per heavy atom. The van der Waals surface area contributed by atoms with E-state index in [0.717, 1.165) is 55.5 Å². The average Bonchev–Trinajstić information content (AvgIpc) is 3.32. The van der Waals surface area contributed by atoms with Crippen LogP contribution in [0, 0.1) is 11.7 Å². The van der Waals surface area contributed by atoms with E-state index >= 15 is 0 Å². The van der Waals surface area contributed by atoms with Crippen molar-refractivity contribution in [2.45, 2.75) is 38.5 Å². The van der Waals surface area contributed by atoms with Crippen molar-refractivity contribution in [1.82, 2.24) is 0 Å². The van der Waals surface area contributed by atoms with Gasteiger partial charge in [-0.2, -0.15) is 0 Å². The van der Waals surface area contributed by atoms with Gasteiger partial charge in [0.05, 0.1) is 6.42 Å². The van der Waals surface area contributed by atoms with E-state index in [1.54, 1.807) is 12.1 Å². The molecule has 1 aliphatic heterocycles. The van der Waals surface area contributed by atoms with Crippen LogP contribution in [0.1, 0.15) is 36.8 Å². The number of amides is 2. The van der Waals surface area contributed by atoms with E-state index in [2.05, 4.69) is 5.32 Å². The molecular weight excluding hydrogens is 343 g/mol. The van der Waals surface area contributed by atoms with Crippen LogP contribution >= 0.6 is 0 Å². The molecule has 1 saturated carbocycles. The van der Waals surface area contributed by atoms with Gasteiger partial charge in [0.1, 0.15) is 5.82 Å². The summed E-state index contributed by atoms with van der Waals surface area (Å²) < 4.78 is 13.0. The van der Waals surface area contributed by atoms with Gasteiger partial charge in [-0.15, -0.1) is 0 Å². The van der Waals surface area contributed by atoms with E-state index in [9.17, 15) is 14.0 Å². The largest absolute Gasteiger partial charge is 0.326 e. The van der Waals surface area contributed by atoms with Gasteiger partial charge in [-0.1, -0.05) is 31.0 Å². The molecule has 5 heteroatoms. The molecule has 4 rings (SSSR count). The lowest BCUT2D eigenvalue weighted by Gasteiger charge is -2.21. The van der Waals surface area contributed by atoms with Crippen LogP contribution in [0.3, 0.4) is 0 Å². The molecule has 2 aliphatic rings. The summed E-state index contributed by atoms with van der Waals surface area (Å²) in [7, 11) is 0. The predicted molar refractivity (Wildman–Crippen MR) is 103 cm³/mol. The minimum absolute atomic E-state index is 0.146. The van der Waals surface area contributed by atoms with Crippen molar-refractivity contribution in [3.8, 4) is 0 Å². The van der Waals surface area contributed by atoms with Crippen LogP contribution in [0.4, 0.5) is 15.8 Å². The third-order valence-electron chi connectivity index (χ3n) is 5.51. The van der Waals surface area contributed by atoms with Crippen LogP contribution in [-0.2, 0) is 22.4 Å². The molecule has 1 fully saturated rings. The van der Waals surface area contributed by atoms with Crippen molar-refractivity contribution < 1.29 is 14.0 Å². The summed E-state index contributed by atoms with van der Waals surface area (Å²) in [6.07, 6.45) is 5.28. The summed E-state index contributed by atoms with van der Waals surface area (Å²) in [5.74, 6) is -0.105. The van der Waals surface area contributed by atoms with E-state index in [1.165, 1.54) is 12.1 Å². The molecule has 2 aromatic rings. The molecule has 2 amide bonds. The van der Waals surface area contributed by atoms with Gasteiger partial charge in [-0.3, -0.25) is 9.59 Å². The Hall–Kier alpha value is -2.69. The third-order valence-corrected chi connectivity index (χ3v) is 5.51. The minimum atomic E-state index is -0.315. The number of fused-ring (bicyclic) bond motifs is 1. The number of halogens is 1. The minimum Gasteiger partial charge on any atom is -0.326 e. The van der Waals surface area contributed by atoms with E-state index in [4.69, 9.17) is 0 Å². The Labute approximate surface area is 158 Å². The van der Waals surface area contributed by atoms with Crippen molar-refractivity contribution in [2.75, 3.05) is 16.8 Å². The Balaban J connectivity index is 1.45. The third kappa shape index (κ3) is 3.87. The van der Waals surface area contributed by atoms with Crippen LogP contribution in [0.15, 0.2) is 42.5 Å². The standard InChI is InChI=1S/C22H23FN2O2/c23-18-8-5-15(6-9-18)13-21(26)24-19-10-7-16-11-12-25(20(16)14-19)22(27)17-3-1-2-4-17/h5-10,14,17H,1-4,11-13H2,(H,24,26). The van der Waals surface area contributed by atoms with Crippen LogP contribution in [0.5, 0.6) is 0 Å². The van der Waals surface area contributed by atoms with Crippen molar-refractivity contribution in [3.05, 3.63) is 59.4 Å². The summed E-state index contributed by atoms with van der Waals surface area (Å²) in [4.78, 5) is 27.0. The topological polar surface area (TPSA) is 49.4 Å². The van der Waals surface area contributed by atoms with Crippen LogP contribution < -0.4 is 10.2 Å². The number of carbonyl (C=O) groups is 2. The number of hydrogen-bond acceptors (Lipinski definition) is 2. The van der Waals surface area contributed by atoms with Gasteiger partial charge < -0.3 is 10.2 Å². The number of nitrogens with zero attached hydrogens (tertiary/aromatic N) is 1. The highest BCUT2D eigenvalue weighted by atomic mass is 19.1. The molecule has 27 heavy (non-hydrogen) atoms. The summed E-state index contributed by atoms with van der Waals surface area (Å²) in [6, 6.07) is 11.7. The van der Waals surface area contributed by atoms with Gasteiger partial charge in [0.25, 0.3) is 0 Å². The molecule has 0 radical (unpaired) electrons. The normalized spacial score (nSPS) is 16.4. The van der Waals surface area contributed by atoms with Crippen molar-refractivity contribution in [1.29, 1.82) is 0 Å². The summed E-state index contributed by atoms with van der Waals surface area (Å²) in [5, 5.41) is 2.89. The number of anilines is 2. The summed E-state index contributed by atoms with van der Waals surface area (Å²) >= 11 is 0. The molecule has 1 N–H and O–H groups in total. The Morgan fingerprint density at radius 2 is 1.81 bits per heavy atom. The van der Waals surface area contributed by atoms with Crippen LogP contribution in [0.2, 0.25) is 0 Å². The second-order valence-corrected chi connectivity index (χ2v) is 7.42. The maximum Gasteiger partial charge on any atom is 0.230 e. The maximum atomic E-state index is 13.0. The average molecular weight is 366 g/mol. The highest BCUT2D eigenvalue weighted by Crippen LogP contribution is 2.35. The van der Waals surface area contributed by atoms with Crippen molar-refractivity contribution in [2.24, 2.45) is 5.92 Å². The zero-order valence-electron chi connectivity index (χ0n) is 15.2. The van der Waals surface area contributed by atoms with Gasteiger partial charge in [-0.05, 0) is 54.7 Å². The molecular formula is C22H23FN2O2. The number of rotatable bonds is 4. The Morgan fingerprint density at radius 3 is 2.56 bits per heavy atom. The fraction of sp³-hybridized carbons (Fsp3) is 0.364. The van der Waals surface area contributed by atoms with E-state index in [1.807, 2.05) is 23.1 Å². The molecule has 0 unspecified atom stereocenters. The highest BCUT2D eigenvalue weighted by molar-refractivity contribution is 5.99. The molecule has 0 saturated heterocycles. The van der Waals surface area contributed by atoms with Gasteiger partial charge in [0, 0.05) is 23.8 Å². The molecule has 1 heterocycles. The van der Waals surface area contributed by atoms with Crippen molar-refractivity contribution in [3.63, 3.8) is 0 Å². The number of hydrogen-bond donors (Lipinski definition) is 1. The molecule has 4 nitrogen and oxygen atoms in total. The SMILES string of the molecule is O=C(Cc1ccc(F)cc1)Nc1ccc2c(c1)N(C(=O)C1CCCC1)CC2. The Kier molecular flexibility index (Phi) is 4.92. The van der Waals surface area contributed by atoms with Gasteiger partial charge >= 0.3 is 0 Å². The molecule has 2 aromatic carbocycles. The summed E-state index contributed by atoms with van der Waals surface area (Å²) in [6.45, 7) is 0.720. The summed E-state index contributed by atoms with van der Waals surface area (Å²) in [5.41, 5.74) is 3.52. The zero-order valence-corrected chi connectivity index (χ0v) is 15.2. The first-order valence-corrected chi connectivity index (χ1v) is 9.59. The second kappa shape index (κ2) is 7.51. The molecule has 140 valence electrons. The number of benzene rings is 2. The lowest BCUT2D eigenvalue weighted by Crippen LogP contribution is -2.33.